The number of nitrogens with one attached hydrogen (secondary N) is 1. The Morgan fingerprint density at radius 3 is 2.33 bits per heavy atom. The second kappa shape index (κ2) is 3.33. The summed E-state index contributed by atoms with van der Waals surface area (Å²) in [7, 11) is 0. The van der Waals surface area contributed by atoms with E-state index in [4.69, 9.17) is 20.4 Å². The van der Waals surface area contributed by atoms with Crippen LogP contribution in [0.2, 0.25) is 0 Å². The summed E-state index contributed by atoms with van der Waals surface area (Å²) in [6.07, 6.45) is -6.25. The molecule has 0 aromatic heterocycles. The molecule has 12 heavy (non-hydrogen) atoms. The van der Waals surface area contributed by atoms with Gasteiger partial charge >= 0.3 is 5.97 Å². The first-order valence-corrected chi connectivity index (χ1v) is 3.22. The van der Waals surface area contributed by atoms with E-state index in [1.54, 1.807) is 0 Å². The molecule has 0 amide bonds. The fourth-order valence-electron chi connectivity index (χ4n) is 0.845. The van der Waals surface area contributed by atoms with Gasteiger partial charge in [0.05, 0.1) is 0 Å². The minimum Gasteiger partial charge on any atom is -0.479 e. The zero-order chi connectivity index (χ0) is 9.30. The van der Waals surface area contributed by atoms with Crippen LogP contribution >= 0.6 is 0 Å². The first kappa shape index (κ1) is 9.36. The summed E-state index contributed by atoms with van der Waals surface area (Å²) < 4.78 is 0. The van der Waals surface area contributed by atoms with E-state index in [9.17, 15) is 4.79 Å². The molecule has 0 spiro atoms. The highest BCUT2D eigenvalue weighted by atomic mass is 16.7. The molecule has 0 saturated carbocycles. The molecule has 1 saturated heterocycles. The van der Waals surface area contributed by atoms with Crippen LogP contribution in [0.15, 0.2) is 0 Å². The molecule has 1 fully saturated rings. The van der Waals surface area contributed by atoms with Crippen molar-refractivity contribution < 1.29 is 30.1 Å². The van der Waals surface area contributed by atoms with Gasteiger partial charge in [-0.1, -0.05) is 0 Å². The first-order valence-electron chi connectivity index (χ1n) is 3.22. The quantitative estimate of drug-likeness (QED) is 0.291. The van der Waals surface area contributed by atoms with Gasteiger partial charge < -0.3 is 20.4 Å². The average molecular weight is 179 g/mol. The number of hydrogen-bond donors (Lipinski definition) is 5. The van der Waals surface area contributed by atoms with Crippen molar-refractivity contribution in [3.05, 3.63) is 0 Å². The van der Waals surface area contributed by atoms with E-state index in [1.165, 1.54) is 0 Å². The van der Waals surface area contributed by atoms with Crippen LogP contribution in [0.4, 0.5) is 0 Å². The minimum atomic E-state index is -1.64. The van der Waals surface area contributed by atoms with Gasteiger partial charge in [-0.05, 0) is 0 Å². The Hall–Kier alpha value is -0.730. The van der Waals surface area contributed by atoms with Crippen LogP contribution in [-0.4, -0.2) is 50.9 Å². The van der Waals surface area contributed by atoms with Crippen molar-refractivity contribution in [1.29, 1.82) is 0 Å². The molecule has 7 heteroatoms. The Labute approximate surface area is 67.1 Å². The molecule has 4 unspecified atom stereocenters. The first-order chi connectivity index (χ1) is 5.54. The monoisotopic (exact) mass is 179 g/mol. The lowest BCUT2D eigenvalue weighted by Crippen LogP contribution is -2.60. The van der Waals surface area contributed by atoms with Crippen molar-refractivity contribution >= 4 is 5.97 Å². The second-order valence-electron chi connectivity index (χ2n) is 2.42. The lowest BCUT2D eigenvalue weighted by atomic mass is 10.1. The summed E-state index contributed by atoms with van der Waals surface area (Å²) in [5.41, 5.74) is 1.86. The van der Waals surface area contributed by atoms with E-state index in [1.807, 2.05) is 5.48 Å². The molecule has 4 atom stereocenters. The van der Waals surface area contributed by atoms with Crippen LogP contribution in [0, 0.1) is 0 Å². The van der Waals surface area contributed by atoms with Crippen LogP contribution in [0.5, 0.6) is 0 Å². The highest BCUT2D eigenvalue weighted by Gasteiger charge is 2.41. The third-order valence-electron chi connectivity index (χ3n) is 1.54. The van der Waals surface area contributed by atoms with E-state index >= 15 is 0 Å². The van der Waals surface area contributed by atoms with Crippen molar-refractivity contribution in [2.75, 3.05) is 0 Å². The Kier molecular flexibility index (Phi) is 2.60. The molecule has 1 heterocycles. The van der Waals surface area contributed by atoms with Crippen molar-refractivity contribution in [2.24, 2.45) is 0 Å². The Morgan fingerprint density at radius 1 is 1.25 bits per heavy atom. The number of carbonyl (C=O) groups is 1. The maximum absolute atomic E-state index is 10.3. The third-order valence-corrected chi connectivity index (χ3v) is 1.54. The van der Waals surface area contributed by atoms with E-state index in [2.05, 4.69) is 4.84 Å². The zero-order valence-electron chi connectivity index (χ0n) is 5.91. The predicted molar refractivity (Wildman–Crippen MR) is 33.7 cm³/mol. The molecule has 0 aromatic rings. The smallest absolute Gasteiger partial charge is 0.337 e. The molecule has 1 aliphatic rings. The van der Waals surface area contributed by atoms with Crippen molar-refractivity contribution in [3.8, 4) is 0 Å². The predicted octanol–water partition coefficient (Wildman–Crippen LogP) is -2.99. The number of carboxylic acids is 1. The summed E-state index contributed by atoms with van der Waals surface area (Å²) >= 11 is 0. The lowest BCUT2D eigenvalue weighted by molar-refractivity contribution is -0.239. The summed E-state index contributed by atoms with van der Waals surface area (Å²) in [5, 5.41) is 35.2. The van der Waals surface area contributed by atoms with Crippen molar-refractivity contribution in [1.82, 2.24) is 5.48 Å². The lowest BCUT2D eigenvalue weighted by Gasteiger charge is -2.32. The van der Waals surface area contributed by atoms with Gasteiger partial charge in [-0.3, -0.25) is 4.84 Å². The van der Waals surface area contributed by atoms with Crippen molar-refractivity contribution in [3.63, 3.8) is 0 Å². The molecule has 70 valence electrons. The van der Waals surface area contributed by atoms with E-state index in [0.717, 1.165) is 0 Å². The van der Waals surface area contributed by atoms with Crippen LogP contribution in [0.25, 0.3) is 0 Å². The molecule has 0 aliphatic carbocycles. The number of aliphatic hydroxyl groups is 3. The number of hydroxylamine groups is 1. The van der Waals surface area contributed by atoms with Gasteiger partial charge in [-0.2, -0.15) is 5.48 Å². The molecular formula is C5H9NO6. The van der Waals surface area contributed by atoms with Gasteiger partial charge in [0.15, 0.2) is 6.23 Å². The van der Waals surface area contributed by atoms with Crippen LogP contribution in [0.1, 0.15) is 0 Å². The van der Waals surface area contributed by atoms with E-state index in [-0.39, 0.29) is 0 Å². The maximum Gasteiger partial charge on any atom is 0.337 e. The molecule has 7 nitrogen and oxygen atoms in total. The maximum atomic E-state index is 10.3. The largest absolute Gasteiger partial charge is 0.479 e. The summed E-state index contributed by atoms with van der Waals surface area (Å²) in [5.74, 6) is -1.42. The van der Waals surface area contributed by atoms with Crippen molar-refractivity contribution in [2.45, 2.75) is 24.5 Å². The molecule has 1 rings (SSSR count). The Morgan fingerprint density at radius 2 is 1.83 bits per heavy atom. The molecular weight excluding hydrogens is 170 g/mol. The second-order valence-corrected chi connectivity index (χ2v) is 2.42. The fraction of sp³-hybridized carbons (Fsp3) is 0.800. The fourth-order valence-corrected chi connectivity index (χ4v) is 0.845. The normalized spacial score (nSPS) is 42.6. The van der Waals surface area contributed by atoms with Crippen LogP contribution in [0.3, 0.4) is 0 Å². The number of aliphatic hydroxyl groups excluding tert-OH is 3. The molecule has 1 aliphatic heterocycles. The molecule has 5 N–H and O–H groups in total. The van der Waals surface area contributed by atoms with Gasteiger partial charge in [0.25, 0.3) is 0 Å². The molecule has 0 bridgehead atoms. The van der Waals surface area contributed by atoms with E-state index in [0.29, 0.717) is 0 Å². The third kappa shape index (κ3) is 1.54. The van der Waals surface area contributed by atoms with Gasteiger partial charge in [0.2, 0.25) is 6.10 Å². The highest BCUT2D eigenvalue weighted by Crippen LogP contribution is 2.11. The number of aliphatic carboxylic acids is 1. The minimum absolute atomic E-state index is 1.42. The summed E-state index contributed by atoms with van der Waals surface area (Å²) in [6.45, 7) is 0. The number of rotatable bonds is 1. The Balaban J connectivity index is 2.65. The van der Waals surface area contributed by atoms with Crippen LogP contribution in [-0.2, 0) is 9.63 Å². The van der Waals surface area contributed by atoms with Gasteiger partial charge in [-0.15, -0.1) is 0 Å². The van der Waals surface area contributed by atoms with Gasteiger partial charge in [0, 0.05) is 0 Å². The van der Waals surface area contributed by atoms with E-state index < -0.39 is 30.5 Å². The summed E-state index contributed by atoms with van der Waals surface area (Å²) in [6, 6.07) is 0. The topological polar surface area (TPSA) is 119 Å². The molecule has 0 radical (unpaired) electrons. The number of carboxylic acid groups (broad SMARTS) is 1. The van der Waals surface area contributed by atoms with Crippen LogP contribution < -0.4 is 5.48 Å². The molecule has 0 aromatic carbocycles. The van der Waals surface area contributed by atoms with Gasteiger partial charge in [-0.25, -0.2) is 4.79 Å². The standard InChI is InChI=1S/C5H9NO6/c7-1-2(8)4(9)6-12-3(1)5(10)11/h1-4,6-9H,(H,10,11). The Bertz CT molecular complexity index is 185. The SMILES string of the molecule is O=C(O)C1ONC(O)C(O)C1O. The average Bonchev–Trinajstić information content (AvgIpc) is 2.00. The van der Waals surface area contributed by atoms with Gasteiger partial charge in [0.1, 0.15) is 12.2 Å². The highest BCUT2D eigenvalue weighted by molar-refractivity contribution is 5.73. The number of hydrogen-bond acceptors (Lipinski definition) is 6. The zero-order valence-corrected chi connectivity index (χ0v) is 5.91. The summed E-state index contributed by atoms with van der Waals surface area (Å²) in [4.78, 5) is 14.6.